The maximum absolute atomic E-state index is 13.0. The van der Waals surface area contributed by atoms with Gasteiger partial charge < -0.3 is 25.9 Å². The van der Waals surface area contributed by atoms with Crippen molar-refractivity contribution in [1.29, 1.82) is 0 Å². The standard InChI is InChI=1S/C29H22F3N5O3/c1-37-15-21(16-6-10-18(11-7-16)29(30,31)32)20-14-24(35-25(20)28(37)40)27(39)34-19-12-8-17(9-13-19)26(38)36-23-5-3-2-4-22(23)33/h2-15,35H,33H2,1H3,(H,34,39)(H,36,38). The Kier molecular flexibility index (Phi) is 6.64. The van der Waals surface area contributed by atoms with Gasteiger partial charge in [-0.15, -0.1) is 0 Å². The number of H-pyrrole nitrogens is 1. The van der Waals surface area contributed by atoms with Crippen molar-refractivity contribution in [2.75, 3.05) is 16.4 Å². The molecule has 2 amide bonds. The third kappa shape index (κ3) is 5.17. The minimum Gasteiger partial charge on any atom is -0.397 e. The van der Waals surface area contributed by atoms with Crippen molar-refractivity contribution in [2.45, 2.75) is 6.18 Å². The Bertz CT molecular complexity index is 1800. The SMILES string of the molecule is Cn1cc(-c2ccc(C(F)(F)F)cc2)c2cc(C(=O)Nc3ccc(C(=O)Nc4ccccc4N)cc3)[nH]c2c1=O. The highest BCUT2D eigenvalue weighted by molar-refractivity contribution is 6.09. The molecule has 0 aliphatic rings. The molecule has 0 atom stereocenters. The summed E-state index contributed by atoms with van der Waals surface area (Å²) in [5, 5.41) is 5.82. The van der Waals surface area contributed by atoms with Crippen LogP contribution >= 0.6 is 0 Å². The maximum atomic E-state index is 13.0. The molecule has 0 fully saturated rings. The maximum Gasteiger partial charge on any atom is 0.416 e. The molecule has 2 aromatic heterocycles. The number of benzene rings is 3. The summed E-state index contributed by atoms with van der Waals surface area (Å²) in [4.78, 5) is 41.1. The van der Waals surface area contributed by atoms with Crippen molar-refractivity contribution in [3.63, 3.8) is 0 Å². The number of carbonyl (C=O) groups excluding carboxylic acids is 2. The van der Waals surface area contributed by atoms with E-state index in [-0.39, 0.29) is 17.1 Å². The molecule has 202 valence electrons. The van der Waals surface area contributed by atoms with E-state index in [4.69, 9.17) is 5.73 Å². The molecule has 5 N–H and O–H groups in total. The topological polar surface area (TPSA) is 122 Å². The number of aromatic amines is 1. The number of alkyl halides is 3. The second-order valence-corrected chi connectivity index (χ2v) is 9.08. The second-order valence-electron chi connectivity index (χ2n) is 9.08. The van der Waals surface area contributed by atoms with Crippen LogP contribution in [0.1, 0.15) is 26.4 Å². The smallest absolute Gasteiger partial charge is 0.397 e. The molecule has 0 saturated carbocycles. The first kappa shape index (κ1) is 26.3. The van der Waals surface area contributed by atoms with Gasteiger partial charge in [0.2, 0.25) is 0 Å². The Labute approximate surface area is 225 Å². The summed E-state index contributed by atoms with van der Waals surface area (Å²) in [7, 11) is 1.51. The first-order chi connectivity index (χ1) is 19.0. The molecule has 5 aromatic rings. The number of nitrogens with two attached hydrogens (primary N) is 1. The zero-order chi connectivity index (χ0) is 28.6. The lowest BCUT2D eigenvalue weighted by atomic mass is 10.0. The fraction of sp³-hybridized carbons (Fsp3) is 0.0690. The normalized spacial score (nSPS) is 11.4. The van der Waals surface area contributed by atoms with Gasteiger partial charge in [-0.3, -0.25) is 14.4 Å². The number of para-hydroxylation sites is 2. The van der Waals surface area contributed by atoms with Crippen LogP contribution in [-0.4, -0.2) is 21.4 Å². The zero-order valence-corrected chi connectivity index (χ0v) is 21.0. The third-order valence-corrected chi connectivity index (χ3v) is 6.35. The van der Waals surface area contributed by atoms with Crippen LogP contribution in [0.2, 0.25) is 0 Å². The summed E-state index contributed by atoms with van der Waals surface area (Å²) in [6.07, 6.45) is -2.97. The molecule has 0 saturated heterocycles. The average Bonchev–Trinajstić information content (AvgIpc) is 3.38. The Hall–Kier alpha value is -5.32. The van der Waals surface area contributed by atoms with Crippen LogP contribution in [0.25, 0.3) is 22.0 Å². The molecule has 0 spiro atoms. The minimum atomic E-state index is -4.48. The number of aromatic nitrogens is 2. The largest absolute Gasteiger partial charge is 0.416 e. The Morgan fingerprint density at radius 2 is 1.57 bits per heavy atom. The fourth-order valence-electron chi connectivity index (χ4n) is 4.23. The number of nitrogens with zero attached hydrogens (tertiary/aromatic N) is 1. The van der Waals surface area contributed by atoms with E-state index in [1.165, 1.54) is 48.1 Å². The summed E-state index contributed by atoms with van der Waals surface area (Å²) >= 11 is 0. The van der Waals surface area contributed by atoms with Gasteiger partial charge in [-0.1, -0.05) is 24.3 Å². The van der Waals surface area contributed by atoms with E-state index < -0.39 is 23.2 Å². The van der Waals surface area contributed by atoms with Crippen LogP contribution in [0.4, 0.5) is 30.2 Å². The molecular formula is C29H22F3N5O3. The number of amides is 2. The van der Waals surface area contributed by atoms with Crippen LogP contribution < -0.4 is 21.9 Å². The lowest BCUT2D eigenvalue weighted by Gasteiger charge is -2.09. The summed E-state index contributed by atoms with van der Waals surface area (Å²) < 4.78 is 40.3. The number of halogens is 3. The predicted molar refractivity (Wildman–Crippen MR) is 147 cm³/mol. The quantitative estimate of drug-likeness (QED) is 0.214. The van der Waals surface area contributed by atoms with Crippen LogP contribution in [0, 0.1) is 0 Å². The first-order valence-corrected chi connectivity index (χ1v) is 12.0. The number of pyridine rings is 1. The van der Waals surface area contributed by atoms with Crippen molar-refractivity contribution >= 4 is 39.8 Å². The van der Waals surface area contributed by atoms with E-state index in [9.17, 15) is 27.6 Å². The molecule has 11 heteroatoms. The molecule has 0 unspecified atom stereocenters. The summed E-state index contributed by atoms with van der Waals surface area (Å²) in [6, 6.07) is 19.1. The van der Waals surface area contributed by atoms with Crippen LogP contribution in [-0.2, 0) is 13.2 Å². The molecular weight excluding hydrogens is 523 g/mol. The molecule has 2 heterocycles. The molecule has 3 aromatic carbocycles. The van der Waals surface area contributed by atoms with E-state index in [2.05, 4.69) is 15.6 Å². The number of hydrogen-bond acceptors (Lipinski definition) is 4. The number of fused-ring (bicyclic) bond motifs is 1. The summed E-state index contributed by atoms with van der Waals surface area (Å²) in [5.41, 5.74) is 7.46. The van der Waals surface area contributed by atoms with Gasteiger partial charge in [0.05, 0.1) is 16.9 Å². The van der Waals surface area contributed by atoms with E-state index in [1.807, 2.05) is 0 Å². The van der Waals surface area contributed by atoms with Crippen molar-refractivity contribution in [2.24, 2.45) is 7.05 Å². The second kappa shape index (κ2) is 10.1. The Morgan fingerprint density at radius 1 is 0.900 bits per heavy atom. The minimum absolute atomic E-state index is 0.0767. The highest BCUT2D eigenvalue weighted by Gasteiger charge is 2.30. The molecule has 0 aliphatic heterocycles. The Balaban J connectivity index is 1.38. The lowest BCUT2D eigenvalue weighted by Crippen LogP contribution is -2.17. The molecule has 8 nitrogen and oxygen atoms in total. The summed E-state index contributed by atoms with van der Waals surface area (Å²) in [6.45, 7) is 0. The summed E-state index contributed by atoms with van der Waals surface area (Å²) in [5.74, 6) is -0.927. The predicted octanol–water partition coefficient (Wildman–Crippen LogP) is 5.64. The van der Waals surface area contributed by atoms with E-state index in [0.29, 0.717) is 39.1 Å². The Morgan fingerprint density at radius 3 is 2.23 bits per heavy atom. The van der Waals surface area contributed by atoms with Gasteiger partial charge in [-0.25, -0.2) is 0 Å². The zero-order valence-electron chi connectivity index (χ0n) is 21.0. The van der Waals surface area contributed by atoms with Crippen molar-refractivity contribution in [3.05, 3.63) is 112 Å². The van der Waals surface area contributed by atoms with Gasteiger partial charge in [0.25, 0.3) is 17.4 Å². The van der Waals surface area contributed by atoms with Crippen LogP contribution in [0.3, 0.4) is 0 Å². The first-order valence-electron chi connectivity index (χ1n) is 12.0. The number of carbonyl (C=O) groups is 2. The highest BCUT2D eigenvalue weighted by atomic mass is 19.4. The van der Waals surface area contributed by atoms with Crippen molar-refractivity contribution < 1.29 is 22.8 Å². The fourth-order valence-corrected chi connectivity index (χ4v) is 4.23. The van der Waals surface area contributed by atoms with Crippen molar-refractivity contribution in [1.82, 2.24) is 9.55 Å². The molecule has 0 radical (unpaired) electrons. The number of aryl methyl sites for hydroxylation is 1. The van der Waals surface area contributed by atoms with E-state index >= 15 is 0 Å². The van der Waals surface area contributed by atoms with Gasteiger partial charge in [0.1, 0.15) is 11.2 Å². The average molecular weight is 546 g/mol. The van der Waals surface area contributed by atoms with Crippen LogP contribution in [0.15, 0.2) is 89.9 Å². The number of nitrogens with one attached hydrogen (secondary N) is 3. The highest BCUT2D eigenvalue weighted by Crippen LogP contribution is 2.33. The lowest BCUT2D eigenvalue weighted by molar-refractivity contribution is -0.137. The number of nitrogen functional groups attached to an aromatic ring is 1. The monoisotopic (exact) mass is 545 g/mol. The van der Waals surface area contributed by atoms with Gasteiger partial charge in [0, 0.05) is 35.4 Å². The van der Waals surface area contributed by atoms with Gasteiger partial charge in [-0.2, -0.15) is 13.2 Å². The molecule has 0 bridgehead atoms. The van der Waals surface area contributed by atoms with Gasteiger partial charge >= 0.3 is 6.18 Å². The molecule has 5 rings (SSSR count). The van der Waals surface area contributed by atoms with Crippen LogP contribution in [0.5, 0.6) is 0 Å². The number of rotatable bonds is 5. The van der Waals surface area contributed by atoms with Gasteiger partial charge in [-0.05, 0) is 60.2 Å². The number of hydrogen-bond donors (Lipinski definition) is 4. The van der Waals surface area contributed by atoms with Gasteiger partial charge in [0.15, 0.2) is 0 Å². The van der Waals surface area contributed by atoms with E-state index in [0.717, 1.165) is 12.1 Å². The van der Waals surface area contributed by atoms with E-state index in [1.54, 1.807) is 36.4 Å². The van der Waals surface area contributed by atoms with Crippen molar-refractivity contribution in [3.8, 4) is 11.1 Å². The third-order valence-electron chi connectivity index (χ3n) is 6.35. The molecule has 0 aliphatic carbocycles. The number of anilines is 3. The molecule has 40 heavy (non-hydrogen) atoms.